The zero-order chi connectivity index (χ0) is 14.7. The molecule has 0 radical (unpaired) electrons. The van der Waals surface area contributed by atoms with Crippen LogP contribution < -0.4 is 4.74 Å². The van der Waals surface area contributed by atoms with Crippen molar-refractivity contribution in [2.45, 2.75) is 6.61 Å². The maximum atomic E-state index is 13.0. The lowest BCUT2D eigenvalue weighted by molar-refractivity contribution is 0.306. The number of thioether (sulfide) groups is 1. The quantitative estimate of drug-likeness (QED) is 0.824. The summed E-state index contributed by atoms with van der Waals surface area (Å²) in [6.45, 7) is 1.18. The lowest BCUT2D eigenvalue weighted by Crippen LogP contribution is -1.98. The third kappa shape index (κ3) is 3.57. The van der Waals surface area contributed by atoms with Gasteiger partial charge in [-0.25, -0.2) is 4.39 Å². The molecule has 0 amide bonds. The standard InChI is InChI=1S/C16H13ClFNOS/c17-15-9-13(18)5-4-12(15)10-20-14-3-1-2-11(8-14)16-19-6-7-21-16/h1-5,8-9H,6-7,10H2. The molecule has 0 aromatic heterocycles. The molecule has 0 unspecified atom stereocenters. The summed E-state index contributed by atoms with van der Waals surface area (Å²) in [5.74, 6) is 1.44. The highest BCUT2D eigenvalue weighted by Gasteiger charge is 2.10. The number of hydrogen-bond acceptors (Lipinski definition) is 3. The van der Waals surface area contributed by atoms with Crippen LogP contribution in [0.3, 0.4) is 0 Å². The molecule has 0 fully saturated rings. The van der Waals surface area contributed by atoms with Gasteiger partial charge in [-0.05, 0) is 24.3 Å². The van der Waals surface area contributed by atoms with E-state index in [0.29, 0.717) is 11.6 Å². The normalized spacial score (nSPS) is 14.1. The predicted molar refractivity (Wildman–Crippen MR) is 86.0 cm³/mol. The maximum absolute atomic E-state index is 13.0. The third-order valence-corrected chi connectivity index (χ3v) is 4.45. The smallest absolute Gasteiger partial charge is 0.124 e. The zero-order valence-electron chi connectivity index (χ0n) is 11.2. The van der Waals surface area contributed by atoms with Gasteiger partial charge in [0.15, 0.2) is 0 Å². The summed E-state index contributed by atoms with van der Waals surface area (Å²) in [4.78, 5) is 4.45. The molecular weight excluding hydrogens is 309 g/mol. The molecule has 0 saturated carbocycles. The Labute approximate surface area is 132 Å². The van der Waals surface area contributed by atoms with Gasteiger partial charge in [0.05, 0.1) is 10.1 Å². The van der Waals surface area contributed by atoms with Crippen LogP contribution in [0.15, 0.2) is 47.5 Å². The van der Waals surface area contributed by atoms with E-state index in [-0.39, 0.29) is 5.82 Å². The molecule has 2 aromatic rings. The number of ether oxygens (including phenoxy) is 1. The number of halogens is 2. The molecule has 5 heteroatoms. The topological polar surface area (TPSA) is 21.6 Å². The minimum Gasteiger partial charge on any atom is -0.489 e. The zero-order valence-corrected chi connectivity index (χ0v) is 12.8. The van der Waals surface area contributed by atoms with Gasteiger partial charge in [0.1, 0.15) is 18.2 Å². The molecule has 1 heterocycles. The van der Waals surface area contributed by atoms with Crippen molar-refractivity contribution in [3.05, 3.63) is 64.4 Å². The van der Waals surface area contributed by atoms with Crippen LogP contribution in [0.2, 0.25) is 5.02 Å². The van der Waals surface area contributed by atoms with Crippen LogP contribution in [0.25, 0.3) is 0 Å². The van der Waals surface area contributed by atoms with Crippen LogP contribution in [0.4, 0.5) is 4.39 Å². The van der Waals surface area contributed by atoms with Crippen molar-refractivity contribution in [3.63, 3.8) is 0 Å². The molecule has 1 aliphatic heterocycles. The minimum atomic E-state index is -0.345. The van der Waals surface area contributed by atoms with E-state index in [4.69, 9.17) is 16.3 Å². The van der Waals surface area contributed by atoms with Crippen molar-refractivity contribution < 1.29 is 9.13 Å². The van der Waals surface area contributed by atoms with Crippen molar-refractivity contribution >= 4 is 28.4 Å². The van der Waals surface area contributed by atoms with Crippen molar-refractivity contribution in [3.8, 4) is 5.75 Å². The molecule has 21 heavy (non-hydrogen) atoms. The number of rotatable bonds is 4. The molecule has 2 aromatic carbocycles. The molecule has 0 bridgehead atoms. The second kappa shape index (κ2) is 6.50. The molecule has 0 aliphatic carbocycles. The van der Waals surface area contributed by atoms with E-state index in [9.17, 15) is 4.39 Å². The van der Waals surface area contributed by atoms with Gasteiger partial charge in [-0.3, -0.25) is 4.99 Å². The molecular formula is C16H13ClFNOS. The van der Waals surface area contributed by atoms with E-state index in [1.807, 2.05) is 24.3 Å². The number of nitrogens with zero attached hydrogens (tertiary/aromatic N) is 1. The Morgan fingerprint density at radius 1 is 1.24 bits per heavy atom. The fraction of sp³-hybridized carbons (Fsp3) is 0.188. The summed E-state index contributed by atoms with van der Waals surface area (Å²) in [5.41, 5.74) is 1.83. The van der Waals surface area contributed by atoms with Gasteiger partial charge in [0.2, 0.25) is 0 Å². The van der Waals surface area contributed by atoms with Gasteiger partial charge in [-0.1, -0.05) is 29.8 Å². The molecule has 0 spiro atoms. The summed E-state index contributed by atoms with van der Waals surface area (Å²) >= 11 is 7.74. The first-order valence-electron chi connectivity index (χ1n) is 6.57. The Morgan fingerprint density at radius 2 is 2.14 bits per heavy atom. The molecule has 108 valence electrons. The first-order chi connectivity index (χ1) is 10.2. The molecule has 1 aliphatic rings. The molecule has 2 nitrogen and oxygen atoms in total. The Kier molecular flexibility index (Phi) is 4.46. The van der Waals surface area contributed by atoms with Crippen LogP contribution in [-0.4, -0.2) is 17.3 Å². The fourth-order valence-electron chi connectivity index (χ4n) is 2.03. The SMILES string of the molecule is Fc1ccc(COc2cccc(C3=NCCS3)c2)c(Cl)c1. The molecule has 3 rings (SSSR count). The Morgan fingerprint density at radius 3 is 2.90 bits per heavy atom. The second-order valence-corrected chi connectivity index (χ2v) is 6.08. The highest BCUT2D eigenvalue weighted by atomic mass is 35.5. The number of hydrogen-bond donors (Lipinski definition) is 0. The van der Waals surface area contributed by atoms with Crippen LogP contribution in [0.1, 0.15) is 11.1 Å². The largest absolute Gasteiger partial charge is 0.489 e. The second-order valence-electron chi connectivity index (χ2n) is 4.59. The lowest BCUT2D eigenvalue weighted by atomic mass is 10.2. The van der Waals surface area contributed by atoms with E-state index in [1.165, 1.54) is 12.1 Å². The van der Waals surface area contributed by atoms with E-state index in [0.717, 1.165) is 34.2 Å². The predicted octanol–water partition coefficient (Wildman–Crippen LogP) is 4.55. The molecule has 0 N–H and O–H groups in total. The number of aliphatic imine (C=N–C) groups is 1. The Hall–Kier alpha value is -1.52. The van der Waals surface area contributed by atoms with Crippen LogP contribution in [-0.2, 0) is 6.61 Å². The first-order valence-corrected chi connectivity index (χ1v) is 7.93. The van der Waals surface area contributed by atoms with Crippen molar-refractivity contribution in [2.24, 2.45) is 4.99 Å². The Balaban J connectivity index is 1.71. The van der Waals surface area contributed by atoms with Crippen molar-refractivity contribution in [1.29, 1.82) is 0 Å². The van der Waals surface area contributed by atoms with Gasteiger partial charge in [0.25, 0.3) is 0 Å². The van der Waals surface area contributed by atoms with Gasteiger partial charge in [-0.2, -0.15) is 0 Å². The molecule has 0 atom stereocenters. The van der Waals surface area contributed by atoms with E-state index in [2.05, 4.69) is 4.99 Å². The minimum absolute atomic E-state index is 0.308. The number of benzene rings is 2. The summed E-state index contributed by atoms with van der Waals surface area (Å²) in [6, 6.07) is 12.1. The monoisotopic (exact) mass is 321 g/mol. The van der Waals surface area contributed by atoms with Crippen molar-refractivity contribution in [2.75, 3.05) is 12.3 Å². The summed E-state index contributed by atoms with van der Waals surface area (Å²) in [6.07, 6.45) is 0. The summed E-state index contributed by atoms with van der Waals surface area (Å²) < 4.78 is 18.7. The Bertz CT molecular complexity index is 690. The maximum Gasteiger partial charge on any atom is 0.124 e. The van der Waals surface area contributed by atoms with Gasteiger partial charge < -0.3 is 4.74 Å². The van der Waals surface area contributed by atoms with Crippen LogP contribution in [0, 0.1) is 5.82 Å². The summed E-state index contributed by atoms with van der Waals surface area (Å²) in [7, 11) is 0. The van der Waals surface area contributed by atoms with E-state index < -0.39 is 0 Å². The average Bonchev–Trinajstić information content (AvgIpc) is 3.01. The van der Waals surface area contributed by atoms with Crippen LogP contribution in [0.5, 0.6) is 5.75 Å². The summed E-state index contributed by atoms with van der Waals surface area (Å²) in [5, 5.41) is 1.43. The van der Waals surface area contributed by atoms with Crippen molar-refractivity contribution in [1.82, 2.24) is 0 Å². The van der Waals surface area contributed by atoms with Gasteiger partial charge in [-0.15, -0.1) is 11.8 Å². The van der Waals surface area contributed by atoms with Crippen LogP contribution >= 0.6 is 23.4 Å². The molecule has 0 saturated heterocycles. The first kappa shape index (κ1) is 14.4. The average molecular weight is 322 g/mol. The third-order valence-electron chi connectivity index (χ3n) is 3.08. The van der Waals surface area contributed by atoms with E-state index in [1.54, 1.807) is 17.8 Å². The van der Waals surface area contributed by atoms with Gasteiger partial charge >= 0.3 is 0 Å². The lowest BCUT2D eigenvalue weighted by Gasteiger charge is -2.09. The van der Waals surface area contributed by atoms with E-state index >= 15 is 0 Å². The van der Waals surface area contributed by atoms with Gasteiger partial charge in [0, 0.05) is 23.4 Å². The highest BCUT2D eigenvalue weighted by molar-refractivity contribution is 8.14. The highest BCUT2D eigenvalue weighted by Crippen LogP contribution is 2.24. The fourth-order valence-corrected chi connectivity index (χ4v) is 3.10.